The lowest BCUT2D eigenvalue weighted by molar-refractivity contribution is 1.18. The predicted molar refractivity (Wildman–Crippen MR) is 203 cm³/mol. The summed E-state index contributed by atoms with van der Waals surface area (Å²) in [5.41, 5.74) is 11.8. The molecule has 0 atom stereocenters. The van der Waals surface area contributed by atoms with E-state index in [0.29, 0.717) is 11.1 Å². The van der Waals surface area contributed by atoms with Gasteiger partial charge in [-0.15, -0.1) is 0 Å². The number of nitriles is 2. The molecule has 1 N–H and O–H groups in total. The van der Waals surface area contributed by atoms with Gasteiger partial charge in [0.05, 0.1) is 51.0 Å². The molecule has 9 aromatic rings. The molecule has 0 bridgehead atoms. The monoisotopic (exact) mass is 637 g/mol. The van der Waals surface area contributed by atoms with Crippen LogP contribution >= 0.6 is 0 Å². The maximum absolute atomic E-state index is 10.4. The molecular weight excluding hydrogens is 611 g/mol. The van der Waals surface area contributed by atoms with E-state index in [0.717, 1.165) is 61.0 Å². The average Bonchev–Trinajstić information content (AvgIpc) is 3.70. The fourth-order valence-corrected chi connectivity index (χ4v) is 7.51. The van der Waals surface area contributed by atoms with Crippen LogP contribution < -0.4 is 0 Å². The van der Waals surface area contributed by atoms with Crippen molar-refractivity contribution < 1.29 is 0 Å². The van der Waals surface area contributed by atoms with E-state index in [1.165, 1.54) is 28.0 Å². The number of benzene rings is 7. The van der Waals surface area contributed by atoms with Crippen LogP contribution in [-0.2, 0) is 0 Å². The summed E-state index contributed by atoms with van der Waals surface area (Å²) >= 11 is 0. The first-order chi connectivity index (χ1) is 24.7. The van der Waals surface area contributed by atoms with E-state index < -0.39 is 0 Å². The Bertz CT molecular complexity index is 2860. The van der Waals surface area contributed by atoms with Crippen LogP contribution in [0, 0.1) is 28.1 Å². The first-order valence-electron chi connectivity index (χ1n) is 16.4. The van der Waals surface area contributed by atoms with E-state index in [2.05, 4.69) is 112 Å². The van der Waals surface area contributed by atoms with Crippen molar-refractivity contribution in [3.63, 3.8) is 0 Å². The van der Waals surface area contributed by atoms with Gasteiger partial charge in [0, 0.05) is 39.0 Å². The molecule has 0 radical (unpaired) electrons. The quantitative estimate of drug-likeness (QED) is 0.191. The van der Waals surface area contributed by atoms with Crippen LogP contribution in [0.25, 0.3) is 77.2 Å². The van der Waals surface area contributed by atoms with E-state index in [1.54, 1.807) is 0 Å². The first-order valence-corrected chi connectivity index (χ1v) is 16.4. The SMILES string of the molecule is N#Cc1cccc(-n2c3ccc(C=N)cc3c3c(C#N)cccc32)c1-c1cccc(-c2ccc(-n3c4ccccc4c4ccccc43)cc2)c1. The second-order valence-electron chi connectivity index (χ2n) is 12.4. The van der Waals surface area contributed by atoms with Crippen molar-refractivity contribution in [2.24, 2.45) is 0 Å². The van der Waals surface area contributed by atoms with Crippen LogP contribution in [0.5, 0.6) is 0 Å². The Balaban J connectivity index is 1.20. The summed E-state index contributed by atoms with van der Waals surface area (Å²) in [6, 6.07) is 56.2. The van der Waals surface area contributed by atoms with E-state index in [1.807, 2.05) is 60.7 Å². The first kappa shape index (κ1) is 29.0. The van der Waals surface area contributed by atoms with E-state index in [4.69, 9.17) is 5.41 Å². The fourth-order valence-electron chi connectivity index (χ4n) is 7.51. The zero-order valence-corrected chi connectivity index (χ0v) is 26.8. The van der Waals surface area contributed by atoms with Crippen molar-refractivity contribution >= 4 is 49.8 Å². The Hall–Kier alpha value is -7.21. The van der Waals surface area contributed by atoms with Crippen molar-refractivity contribution in [1.29, 1.82) is 15.9 Å². The third kappa shape index (κ3) is 4.35. The van der Waals surface area contributed by atoms with Gasteiger partial charge in [0.1, 0.15) is 0 Å². The van der Waals surface area contributed by atoms with Gasteiger partial charge in [-0.1, -0.05) is 84.9 Å². The van der Waals surface area contributed by atoms with Crippen LogP contribution in [0.3, 0.4) is 0 Å². The molecule has 0 saturated heterocycles. The molecule has 0 fully saturated rings. The van der Waals surface area contributed by atoms with E-state index in [-0.39, 0.29) is 0 Å². The summed E-state index contributed by atoms with van der Waals surface area (Å²) in [5.74, 6) is 0. The van der Waals surface area contributed by atoms with Crippen LogP contribution in [0.2, 0.25) is 0 Å². The van der Waals surface area contributed by atoms with Crippen molar-refractivity contribution in [3.05, 3.63) is 168 Å². The number of nitrogens with zero attached hydrogens (tertiary/aromatic N) is 4. The van der Waals surface area contributed by atoms with Crippen molar-refractivity contribution in [2.75, 3.05) is 0 Å². The van der Waals surface area contributed by atoms with Crippen molar-refractivity contribution in [3.8, 4) is 45.8 Å². The van der Waals surface area contributed by atoms with E-state index in [9.17, 15) is 10.5 Å². The minimum Gasteiger partial charge on any atom is -0.309 e. The predicted octanol–water partition coefficient (Wildman–Crippen LogP) is 11.0. The van der Waals surface area contributed by atoms with Crippen LogP contribution in [0.4, 0.5) is 0 Å². The molecule has 0 spiro atoms. The molecule has 0 aliphatic heterocycles. The summed E-state index contributed by atoms with van der Waals surface area (Å²) < 4.78 is 4.46. The van der Waals surface area contributed by atoms with Gasteiger partial charge in [-0.3, -0.25) is 0 Å². The molecule has 0 amide bonds. The summed E-state index contributed by atoms with van der Waals surface area (Å²) in [6.07, 6.45) is 1.32. The van der Waals surface area contributed by atoms with Gasteiger partial charge < -0.3 is 14.5 Å². The molecule has 9 rings (SSSR count). The molecule has 0 saturated carbocycles. The number of hydrogen-bond acceptors (Lipinski definition) is 3. The Morgan fingerprint density at radius 3 is 1.82 bits per heavy atom. The number of para-hydroxylation sites is 2. The maximum atomic E-state index is 10.4. The molecule has 5 nitrogen and oxygen atoms in total. The van der Waals surface area contributed by atoms with Crippen LogP contribution in [-0.4, -0.2) is 15.3 Å². The third-order valence-corrected chi connectivity index (χ3v) is 9.70. The van der Waals surface area contributed by atoms with Gasteiger partial charge in [0.25, 0.3) is 0 Å². The summed E-state index contributed by atoms with van der Waals surface area (Å²) in [7, 11) is 0. The Labute approximate surface area is 288 Å². The van der Waals surface area contributed by atoms with Gasteiger partial charge in [-0.25, -0.2) is 0 Å². The van der Waals surface area contributed by atoms with Gasteiger partial charge in [0.15, 0.2) is 0 Å². The summed E-state index contributed by atoms with van der Waals surface area (Å²) in [6.45, 7) is 0. The topological polar surface area (TPSA) is 81.3 Å². The Morgan fingerprint density at radius 1 is 0.480 bits per heavy atom. The second-order valence-corrected chi connectivity index (χ2v) is 12.4. The molecule has 5 heteroatoms. The molecule has 0 aliphatic rings. The number of aromatic nitrogens is 2. The maximum Gasteiger partial charge on any atom is 0.0998 e. The lowest BCUT2D eigenvalue weighted by atomic mass is 9.94. The standard InChI is InChI=1S/C45H27N5/c46-26-29-18-23-41-38(24-29)45-34(28-48)11-7-17-43(45)50(41)42-16-6-10-33(27-47)44(42)32-9-5-8-31(25-32)30-19-21-35(22-20-30)49-39-14-3-1-12-36(39)37-13-2-4-15-40(37)49/h1-26,46H. The fraction of sp³-hybridized carbons (Fsp3) is 0. The molecule has 7 aromatic carbocycles. The summed E-state index contributed by atoms with van der Waals surface area (Å²) in [5, 5.41) is 32.5. The van der Waals surface area contributed by atoms with Gasteiger partial charge >= 0.3 is 0 Å². The Kier molecular flexibility index (Phi) is 6.66. The van der Waals surface area contributed by atoms with Crippen LogP contribution in [0.1, 0.15) is 16.7 Å². The number of nitrogens with one attached hydrogen (secondary N) is 1. The minimum atomic E-state index is 0.559. The molecule has 0 aliphatic carbocycles. The Morgan fingerprint density at radius 2 is 1.10 bits per heavy atom. The highest BCUT2D eigenvalue weighted by Crippen LogP contribution is 2.40. The number of fused-ring (bicyclic) bond motifs is 6. The highest BCUT2D eigenvalue weighted by molar-refractivity contribution is 6.13. The van der Waals surface area contributed by atoms with Gasteiger partial charge in [0.2, 0.25) is 0 Å². The molecule has 2 aromatic heterocycles. The van der Waals surface area contributed by atoms with E-state index >= 15 is 0 Å². The number of hydrogen-bond donors (Lipinski definition) is 1. The zero-order valence-electron chi connectivity index (χ0n) is 26.8. The molecule has 2 heterocycles. The van der Waals surface area contributed by atoms with Gasteiger partial charge in [-0.05, 0) is 89.0 Å². The molecular formula is C45H27N5. The molecule has 0 unspecified atom stereocenters. The van der Waals surface area contributed by atoms with Gasteiger partial charge in [-0.2, -0.15) is 10.5 Å². The average molecular weight is 638 g/mol. The number of rotatable bonds is 5. The van der Waals surface area contributed by atoms with Crippen molar-refractivity contribution in [1.82, 2.24) is 9.13 Å². The largest absolute Gasteiger partial charge is 0.309 e. The zero-order chi connectivity index (χ0) is 33.8. The lowest BCUT2D eigenvalue weighted by Crippen LogP contribution is -2.00. The third-order valence-electron chi connectivity index (χ3n) is 9.70. The van der Waals surface area contributed by atoms with Crippen molar-refractivity contribution in [2.45, 2.75) is 0 Å². The highest BCUT2D eigenvalue weighted by atomic mass is 15.0. The minimum absolute atomic E-state index is 0.559. The molecule has 50 heavy (non-hydrogen) atoms. The van der Waals surface area contributed by atoms with Crippen LogP contribution in [0.15, 0.2) is 152 Å². The molecule has 232 valence electrons. The lowest BCUT2D eigenvalue weighted by Gasteiger charge is -2.16. The smallest absolute Gasteiger partial charge is 0.0998 e. The highest BCUT2D eigenvalue weighted by Gasteiger charge is 2.20. The second kappa shape index (κ2) is 11.5. The normalized spacial score (nSPS) is 11.2. The summed E-state index contributed by atoms with van der Waals surface area (Å²) in [4.78, 5) is 0.